The summed E-state index contributed by atoms with van der Waals surface area (Å²) in [7, 11) is 0. The van der Waals surface area contributed by atoms with E-state index in [2.05, 4.69) is 0 Å². The van der Waals surface area contributed by atoms with Crippen LogP contribution in [0.1, 0.15) is 36.8 Å². The minimum Gasteiger partial charge on any atom is -0.494 e. The van der Waals surface area contributed by atoms with E-state index in [0.29, 0.717) is 25.3 Å². The summed E-state index contributed by atoms with van der Waals surface area (Å²) in [5, 5.41) is 0. The summed E-state index contributed by atoms with van der Waals surface area (Å²) in [6.07, 6.45) is -1.29. The fraction of sp³-hybridized carbons (Fsp3) is 0.409. The molecule has 1 aliphatic heterocycles. The summed E-state index contributed by atoms with van der Waals surface area (Å²) in [5.41, 5.74) is 0.226. The first-order valence-corrected chi connectivity index (χ1v) is 9.71. The predicted octanol–water partition coefficient (Wildman–Crippen LogP) is 5.67. The summed E-state index contributed by atoms with van der Waals surface area (Å²) in [5.74, 6) is 0.381. The fourth-order valence-electron chi connectivity index (χ4n) is 3.40. The van der Waals surface area contributed by atoms with Crippen LogP contribution in [0.5, 0.6) is 5.75 Å². The molecule has 1 atom stereocenters. The normalized spacial score (nSPS) is 17.1. The van der Waals surface area contributed by atoms with Crippen molar-refractivity contribution in [2.75, 3.05) is 13.2 Å². The number of likely N-dealkylation sites (tertiary alicyclic amines) is 1. The largest absolute Gasteiger partial charge is 0.494 e. The molecule has 0 saturated carbocycles. The third kappa shape index (κ3) is 6.14. The monoisotopic (exact) mass is 407 g/mol. The van der Waals surface area contributed by atoms with Gasteiger partial charge in [-0.25, -0.2) is 4.79 Å². The lowest BCUT2D eigenvalue weighted by molar-refractivity contribution is -0.137. The highest BCUT2D eigenvalue weighted by Crippen LogP contribution is 2.30. The molecule has 3 rings (SSSR count). The van der Waals surface area contributed by atoms with E-state index in [4.69, 9.17) is 9.47 Å². The molecule has 2 aromatic rings. The fourth-order valence-corrected chi connectivity index (χ4v) is 3.40. The van der Waals surface area contributed by atoms with Crippen LogP contribution >= 0.6 is 0 Å². The number of alkyl halides is 3. The Morgan fingerprint density at radius 3 is 2.45 bits per heavy atom. The van der Waals surface area contributed by atoms with Crippen molar-refractivity contribution in [1.82, 2.24) is 4.90 Å². The lowest BCUT2D eigenvalue weighted by Crippen LogP contribution is -2.44. The highest BCUT2D eigenvalue weighted by molar-refractivity contribution is 5.68. The van der Waals surface area contributed by atoms with Gasteiger partial charge in [0.1, 0.15) is 12.4 Å². The van der Waals surface area contributed by atoms with Crippen LogP contribution in [0, 0.1) is 0 Å². The van der Waals surface area contributed by atoms with Crippen molar-refractivity contribution in [3.05, 3.63) is 65.7 Å². The Morgan fingerprint density at radius 1 is 1.03 bits per heavy atom. The second kappa shape index (κ2) is 9.67. The van der Waals surface area contributed by atoms with Gasteiger partial charge in [-0.15, -0.1) is 0 Å². The Labute approximate surface area is 168 Å². The van der Waals surface area contributed by atoms with Crippen LogP contribution in [0.3, 0.4) is 0 Å². The Hall–Kier alpha value is -2.70. The molecule has 7 heteroatoms. The van der Waals surface area contributed by atoms with Gasteiger partial charge < -0.3 is 14.4 Å². The molecule has 1 unspecified atom stereocenters. The average Bonchev–Trinajstić information content (AvgIpc) is 2.73. The number of amides is 1. The van der Waals surface area contributed by atoms with Gasteiger partial charge in [-0.05, 0) is 49.1 Å². The molecule has 0 aromatic heterocycles. The molecule has 0 bridgehead atoms. The van der Waals surface area contributed by atoms with Crippen molar-refractivity contribution in [2.24, 2.45) is 0 Å². The second-order valence-electron chi connectivity index (χ2n) is 7.04. The van der Waals surface area contributed by atoms with Crippen LogP contribution in [0.15, 0.2) is 54.6 Å². The van der Waals surface area contributed by atoms with E-state index in [9.17, 15) is 18.0 Å². The van der Waals surface area contributed by atoms with Gasteiger partial charge in [-0.2, -0.15) is 13.2 Å². The highest BCUT2D eigenvalue weighted by atomic mass is 19.4. The molecule has 0 spiro atoms. The van der Waals surface area contributed by atoms with Gasteiger partial charge in [0.25, 0.3) is 0 Å². The molecule has 0 aliphatic carbocycles. The van der Waals surface area contributed by atoms with E-state index in [1.165, 1.54) is 12.1 Å². The van der Waals surface area contributed by atoms with E-state index in [1.807, 2.05) is 30.3 Å². The molecule has 1 amide bonds. The van der Waals surface area contributed by atoms with E-state index < -0.39 is 11.7 Å². The highest BCUT2D eigenvalue weighted by Gasteiger charge is 2.30. The zero-order valence-corrected chi connectivity index (χ0v) is 16.0. The maximum atomic E-state index is 12.6. The molecular weight excluding hydrogens is 383 g/mol. The molecular formula is C22H24F3NO3. The summed E-state index contributed by atoms with van der Waals surface area (Å²) < 4.78 is 48.9. The maximum Gasteiger partial charge on any atom is 0.416 e. The second-order valence-corrected chi connectivity index (χ2v) is 7.04. The van der Waals surface area contributed by atoms with Crippen molar-refractivity contribution in [3.63, 3.8) is 0 Å². The van der Waals surface area contributed by atoms with Crippen LogP contribution in [0.25, 0.3) is 0 Å². The minimum atomic E-state index is -4.36. The van der Waals surface area contributed by atoms with Crippen LogP contribution in [0.4, 0.5) is 18.0 Å². The summed E-state index contributed by atoms with van der Waals surface area (Å²) >= 11 is 0. The Balaban J connectivity index is 1.48. The number of piperidine rings is 1. The number of hydrogen-bond acceptors (Lipinski definition) is 3. The molecule has 1 saturated heterocycles. The quantitative estimate of drug-likeness (QED) is 0.620. The lowest BCUT2D eigenvalue weighted by atomic mass is 10.0. The summed E-state index contributed by atoms with van der Waals surface area (Å²) in [4.78, 5) is 14.2. The molecule has 0 N–H and O–H groups in total. The van der Waals surface area contributed by atoms with Gasteiger partial charge >= 0.3 is 12.3 Å². The Kier molecular flexibility index (Phi) is 7.01. The number of hydrogen-bond donors (Lipinski definition) is 0. The molecule has 1 heterocycles. The number of carbonyl (C=O) groups is 1. The molecule has 4 nitrogen and oxygen atoms in total. The molecule has 2 aromatic carbocycles. The van der Waals surface area contributed by atoms with Gasteiger partial charge in [-0.3, -0.25) is 0 Å². The molecule has 1 fully saturated rings. The van der Waals surface area contributed by atoms with Crippen molar-refractivity contribution < 1.29 is 27.4 Å². The van der Waals surface area contributed by atoms with Gasteiger partial charge in [0.05, 0.1) is 12.2 Å². The van der Waals surface area contributed by atoms with E-state index in [-0.39, 0.29) is 18.7 Å². The third-order valence-electron chi connectivity index (χ3n) is 4.97. The van der Waals surface area contributed by atoms with Crippen LogP contribution in [0.2, 0.25) is 0 Å². The zero-order valence-electron chi connectivity index (χ0n) is 16.0. The number of rotatable bonds is 6. The zero-order chi connectivity index (χ0) is 20.7. The van der Waals surface area contributed by atoms with Gasteiger partial charge in [-0.1, -0.05) is 30.3 Å². The molecule has 29 heavy (non-hydrogen) atoms. The first-order chi connectivity index (χ1) is 13.9. The van der Waals surface area contributed by atoms with E-state index in [0.717, 1.165) is 37.0 Å². The van der Waals surface area contributed by atoms with Crippen molar-refractivity contribution in [2.45, 2.75) is 44.5 Å². The number of carbonyl (C=O) groups excluding carboxylic acids is 1. The van der Waals surface area contributed by atoms with E-state index >= 15 is 0 Å². The summed E-state index contributed by atoms with van der Waals surface area (Å²) in [6, 6.07) is 14.1. The van der Waals surface area contributed by atoms with E-state index in [1.54, 1.807) is 4.90 Å². The van der Waals surface area contributed by atoms with Crippen molar-refractivity contribution in [1.29, 1.82) is 0 Å². The Morgan fingerprint density at radius 2 is 1.76 bits per heavy atom. The van der Waals surface area contributed by atoms with Crippen LogP contribution in [-0.2, 0) is 17.5 Å². The smallest absolute Gasteiger partial charge is 0.416 e. The van der Waals surface area contributed by atoms with Crippen LogP contribution in [-0.4, -0.2) is 30.2 Å². The standard InChI is InChI=1S/C22H24F3NO3/c23-22(24,25)18-9-11-20(12-10-18)28-15-13-19-8-4-5-14-26(19)21(27)29-16-17-6-2-1-3-7-17/h1-3,6-7,9-12,19H,4-5,8,13-16H2. The average molecular weight is 407 g/mol. The SMILES string of the molecule is O=C(OCc1ccccc1)N1CCCCC1CCOc1ccc(C(F)(F)F)cc1. The van der Waals surface area contributed by atoms with Crippen molar-refractivity contribution in [3.8, 4) is 5.75 Å². The molecule has 1 aliphatic rings. The van der Waals surface area contributed by atoms with Gasteiger partial charge in [0.15, 0.2) is 0 Å². The predicted molar refractivity (Wildman–Crippen MR) is 103 cm³/mol. The summed E-state index contributed by atoms with van der Waals surface area (Å²) in [6.45, 7) is 1.18. The first kappa shape index (κ1) is 21.0. The number of ether oxygens (including phenoxy) is 2. The minimum absolute atomic E-state index is 0.00136. The lowest BCUT2D eigenvalue weighted by Gasteiger charge is -2.34. The third-order valence-corrected chi connectivity index (χ3v) is 4.97. The molecule has 156 valence electrons. The van der Waals surface area contributed by atoms with Gasteiger partial charge in [0, 0.05) is 19.0 Å². The Bertz CT molecular complexity index is 778. The maximum absolute atomic E-state index is 12.6. The topological polar surface area (TPSA) is 38.8 Å². The molecule has 0 radical (unpaired) electrons. The number of benzene rings is 2. The number of nitrogens with zero attached hydrogens (tertiary/aromatic N) is 1. The van der Waals surface area contributed by atoms with Crippen LogP contribution < -0.4 is 4.74 Å². The number of halogens is 3. The first-order valence-electron chi connectivity index (χ1n) is 9.71. The van der Waals surface area contributed by atoms with Crippen molar-refractivity contribution >= 4 is 6.09 Å². The van der Waals surface area contributed by atoms with Gasteiger partial charge in [0.2, 0.25) is 0 Å².